The van der Waals surface area contributed by atoms with Gasteiger partial charge in [-0.15, -0.1) is 0 Å². The molecule has 6 nitrogen and oxygen atoms in total. The van der Waals surface area contributed by atoms with E-state index >= 15 is 0 Å². The van der Waals surface area contributed by atoms with Gasteiger partial charge in [0.15, 0.2) is 0 Å². The molecule has 0 aliphatic carbocycles. The number of hydrogen-bond donors (Lipinski definition) is 4. The minimum absolute atomic E-state index is 0.453. The molecule has 0 unspecified atom stereocenters. The molecule has 4 N–H and O–H groups in total. The lowest BCUT2D eigenvalue weighted by Crippen LogP contribution is -2.62. The Balaban J connectivity index is 1.89. The van der Waals surface area contributed by atoms with E-state index < -0.39 is 36.6 Å². The van der Waals surface area contributed by atoms with Gasteiger partial charge in [0.25, 0.3) is 0 Å². The number of rotatable bonds is 6. The molecule has 0 bridgehead atoms. The molecule has 158 valence electrons. The number of hydrogen-bond acceptors (Lipinski definition) is 6. The average Bonchev–Trinajstić information content (AvgIpc) is 2.72. The summed E-state index contributed by atoms with van der Waals surface area (Å²) < 4.78 is 11.4. The number of aliphatic hydroxyl groups excluding tert-OH is 4. The van der Waals surface area contributed by atoms with Gasteiger partial charge in [0.05, 0.1) is 13.2 Å². The molecule has 0 spiro atoms. The van der Waals surface area contributed by atoms with E-state index in [0.29, 0.717) is 18.6 Å². The van der Waals surface area contributed by atoms with Gasteiger partial charge in [0.1, 0.15) is 35.8 Å². The highest BCUT2D eigenvalue weighted by Crippen LogP contribution is 2.39. The largest absolute Gasteiger partial charge is 0.494 e. The molecule has 2 aromatic rings. The predicted molar refractivity (Wildman–Crippen MR) is 109 cm³/mol. The van der Waals surface area contributed by atoms with Crippen molar-refractivity contribution in [1.82, 2.24) is 0 Å². The first-order valence-electron chi connectivity index (χ1n) is 9.94. The molecule has 1 aliphatic heterocycles. The van der Waals surface area contributed by atoms with Crippen molar-refractivity contribution in [2.75, 3.05) is 13.2 Å². The van der Waals surface area contributed by atoms with Gasteiger partial charge in [0.2, 0.25) is 0 Å². The lowest BCUT2D eigenvalue weighted by atomic mass is 9.80. The Morgan fingerprint density at radius 2 is 1.72 bits per heavy atom. The van der Waals surface area contributed by atoms with Crippen molar-refractivity contribution in [3.8, 4) is 5.75 Å². The highest BCUT2D eigenvalue weighted by molar-refractivity contribution is 5.39. The van der Waals surface area contributed by atoms with E-state index in [0.717, 1.165) is 22.4 Å². The third kappa shape index (κ3) is 4.32. The van der Waals surface area contributed by atoms with Crippen molar-refractivity contribution in [3.63, 3.8) is 0 Å². The Hall–Kier alpha value is -1.96. The van der Waals surface area contributed by atoms with Gasteiger partial charge >= 0.3 is 0 Å². The van der Waals surface area contributed by atoms with E-state index in [-0.39, 0.29) is 0 Å². The fourth-order valence-corrected chi connectivity index (χ4v) is 3.83. The van der Waals surface area contributed by atoms with Gasteiger partial charge in [0, 0.05) is 0 Å². The first-order chi connectivity index (χ1) is 13.8. The highest BCUT2D eigenvalue weighted by atomic mass is 16.6. The normalized spacial score (nSPS) is 29.6. The molecule has 1 aliphatic rings. The van der Waals surface area contributed by atoms with Crippen molar-refractivity contribution in [1.29, 1.82) is 0 Å². The zero-order valence-corrected chi connectivity index (χ0v) is 17.1. The van der Waals surface area contributed by atoms with E-state index in [4.69, 9.17) is 9.47 Å². The van der Waals surface area contributed by atoms with E-state index in [1.54, 1.807) is 6.92 Å². The van der Waals surface area contributed by atoms with Gasteiger partial charge in [-0.3, -0.25) is 0 Å². The SMILES string of the molecule is CCOc1ccc(Cc2cc([C@]3(C)O[C@@H](CO)[C@@H](O)[C@H](O)[C@H]3O)ccc2C)cc1. The van der Waals surface area contributed by atoms with Crippen LogP contribution in [-0.4, -0.2) is 58.1 Å². The van der Waals surface area contributed by atoms with Crippen LogP contribution in [0.5, 0.6) is 5.75 Å². The second kappa shape index (κ2) is 8.81. The first-order valence-corrected chi connectivity index (χ1v) is 9.94. The molecular formula is C23H30O6. The number of ether oxygens (including phenoxy) is 2. The van der Waals surface area contributed by atoms with Gasteiger partial charge in [-0.05, 0) is 61.6 Å². The minimum atomic E-state index is -1.42. The van der Waals surface area contributed by atoms with Crippen molar-refractivity contribution in [2.24, 2.45) is 0 Å². The van der Waals surface area contributed by atoms with Gasteiger partial charge in [-0.2, -0.15) is 0 Å². The van der Waals surface area contributed by atoms with Crippen LogP contribution in [0.4, 0.5) is 0 Å². The molecule has 0 saturated carbocycles. The van der Waals surface area contributed by atoms with Gasteiger partial charge < -0.3 is 29.9 Å². The molecule has 0 amide bonds. The van der Waals surface area contributed by atoms with Crippen LogP contribution in [-0.2, 0) is 16.8 Å². The van der Waals surface area contributed by atoms with Crippen LogP contribution in [0, 0.1) is 6.92 Å². The quantitative estimate of drug-likeness (QED) is 0.587. The molecule has 2 aromatic carbocycles. The zero-order chi connectivity index (χ0) is 21.2. The third-order valence-corrected chi connectivity index (χ3v) is 5.75. The van der Waals surface area contributed by atoms with Crippen LogP contribution in [0.3, 0.4) is 0 Å². The molecule has 1 fully saturated rings. The summed E-state index contributed by atoms with van der Waals surface area (Å²) in [5, 5.41) is 40.5. The molecule has 6 heteroatoms. The fraction of sp³-hybridized carbons (Fsp3) is 0.478. The Morgan fingerprint density at radius 3 is 2.34 bits per heavy atom. The minimum Gasteiger partial charge on any atom is -0.494 e. The summed E-state index contributed by atoms with van der Waals surface area (Å²) >= 11 is 0. The summed E-state index contributed by atoms with van der Waals surface area (Å²) in [4.78, 5) is 0. The zero-order valence-electron chi connectivity index (χ0n) is 17.1. The topological polar surface area (TPSA) is 99.4 Å². The average molecular weight is 402 g/mol. The summed E-state index contributed by atoms with van der Waals surface area (Å²) in [6.45, 7) is 5.80. The predicted octanol–water partition coefficient (Wildman–Crippen LogP) is 1.67. The lowest BCUT2D eigenvalue weighted by molar-refractivity contribution is -0.273. The number of benzene rings is 2. The number of aliphatic hydroxyl groups is 4. The summed E-state index contributed by atoms with van der Waals surface area (Å²) in [6.07, 6.45) is -4.39. The maximum Gasteiger partial charge on any atom is 0.119 e. The van der Waals surface area contributed by atoms with Crippen LogP contribution >= 0.6 is 0 Å². The molecule has 1 saturated heterocycles. The second-order valence-corrected chi connectivity index (χ2v) is 7.77. The highest BCUT2D eigenvalue weighted by Gasteiger charge is 2.51. The standard InChI is InChI=1S/C23H30O6/c1-4-28-18-9-6-15(7-10-18)11-16-12-17(8-5-14(16)2)23(3)22(27)21(26)20(25)19(13-24)29-23/h5-10,12,19-22,24-27H,4,11,13H2,1-3H3/t19-,20+,21-,22+,23-/m0/s1. The Labute approximate surface area is 171 Å². The van der Waals surface area contributed by atoms with Crippen molar-refractivity contribution in [3.05, 3.63) is 64.7 Å². The molecular weight excluding hydrogens is 372 g/mol. The van der Waals surface area contributed by atoms with Crippen LogP contribution in [0.1, 0.15) is 36.1 Å². The first kappa shape index (κ1) is 21.7. The molecule has 5 atom stereocenters. The smallest absolute Gasteiger partial charge is 0.119 e. The molecule has 1 heterocycles. The Morgan fingerprint density at radius 1 is 1.03 bits per heavy atom. The monoisotopic (exact) mass is 402 g/mol. The van der Waals surface area contributed by atoms with Crippen molar-refractivity contribution < 1.29 is 29.9 Å². The summed E-state index contributed by atoms with van der Waals surface area (Å²) in [6, 6.07) is 13.7. The molecule has 0 radical (unpaired) electrons. The maximum absolute atomic E-state index is 10.6. The lowest BCUT2D eigenvalue weighted by Gasteiger charge is -2.47. The maximum atomic E-state index is 10.6. The van der Waals surface area contributed by atoms with Gasteiger partial charge in [-0.25, -0.2) is 0 Å². The van der Waals surface area contributed by atoms with Crippen LogP contribution in [0.2, 0.25) is 0 Å². The van der Waals surface area contributed by atoms with Crippen LogP contribution in [0.15, 0.2) is 42.5 Å². The molecule has 3 rings (SSSR count). The number of aryl methyl sites for hydroxylation is 1. The van der Waals surface area contributed by atoms with Crippen molar-refractivity contribution >= 4 is 0 Å². The van der Waals surface area contributed by atoms with Crippen LogP contribution in [0.25, 0.3) is 0 Å². The summed E-state index contributed by atoms with van der Waals surface area (Å²) in [5.41, 5.74) is 2.70. The van der Waals surface area contributed by atoms with Gasteiger partial charge in [-0.1, -0.05) is 30.3 Å². The van der Waals surface area contributed by atoms with E-state index in [1.807, 2.05) is 56.3 Å². The fourth-order valence-electron chi connectivity index (χ4n) is 3.83. The second-order valence-electron chi connectivity index (χ2n) is 7.77. The molecule has 0 aromatic heterocycles. The van der Waals surface area contributed by atoms with E-state index in [9.17, 15) is 20.4 Å². The summed E-state index contributed by atoms with van der Waals surface area (Å²) in [7, 11) is 0. The third-order valence-electron chi connectivity index (χ3n) is 5.75. The Kier molecular flexibility index (Phi) is 6.61. The van der Waals surface area contributed by atoms with E-state index in [2.05, 4.69) is 0 Å². The Bertz CT molecular complexity index is 819. The molecule has 29 heavy (non-hydrogen) atoms. The summed E-state index contributed by atoms with van der Waals surface area (Å²) in [5.74, 6) is 0.829. The van der Waals surface area contributed by atoms with E-state index in [1.165, 1.54) is 0 Å². The van der Waals surface area contributed by atoms with Crippen molar-refractivity contribution in [2.45, 2.75) is 57.2 Å². The van der Waals surface area contributed by atoms with Crippen LogP contribution < -0.4 is 4.74 Å².